The van der Waals surface area contributed by atoms with Gasteiger partial charge in [-0.05, 0) is 66.9 Å². The third-order valence-electron chi connectivity index (χ3n) is 8.17. The van der Waals surface area contributed by atoms with Gasteiger partial charge in [0.2, 0.25) is 5.91 Å². The molecule has 2 aromatic heterocycles. The number of nitrogens with zero attached hydrogens (tertiary/aromatic N) is 5. The van der Waals surface area contributed by atoms with Crippen LogP contribution >= 0.6 is 23.1 Å². The molecule has 1 aliphatic carbocycles. The van der Waals surface area contributed by atoms with E-state index in [9.17, 15) is 27.6 Å². The van der Waals surface area contributed by atoms with E-state index in [-0.39, 0.29) is 53.1 Å². The highest BCUT2D eigenvalue weighted by molar-refractivity contribution is 7.03. The number of benzene rings is 1. The van der Waals surface area contributed by atoms with E-state index >= 15 is 0 Å². The monoisotopic (exact) mass is 604 g/mol. The third-order valence-corrected chi connectivity index (χ3v) is 8.88. The van der Waals surface area contributed by atoms with Crippen molar-refractivity contribution in [3.05, 3.63) is 69.2 Å². The van der Waals surface area contributed by atoms with Crippen molar-refractivity contribution in [2.24, 2.45) is 5.92 Å². The number of alkyl halides is 2. The molecule has 0 bridgehead atoms. The predicted octanol–water partition coefficient (Wildman–Crippen LogP) is 4.39. The summed E-state index contributed by atoms with van der Waals surface area (Å²) >= 11 is 6.95. The zero-order chi connectivity index (χ0) is 28.9. The van der Waals surface area contributed by atoms with Gasteiger partial charge in [-0.2, -0.15) is 0 Å². The summed E-state index contributed by atoms with van der Waals surface area (Å²) in [5.74, 6) is -1.49. The number of anilines is 1. The molecule has 1 saturated heterocycles. The van der Waals surface area contributed by atoms with Gasteiger partial charge in [-0.25, -0.2) is 13.2 Å². The van der Waals surface area contributed by atoms with Gasteiger partial charge in [0.15, 0.2) is 5.69 Å². The van der Waals surface area contributed by atoms with Crippen molar-refractivity contribution >= 4 is 46.5 Å². The Morgan fingerprint density at radius 1 is 1.17 bits per heavy atom. The predicted molar refractivity (Wildman–Crippen MR) is 144 cm³/mol. The van der Waals surface area contributed by atoms with Gasteiger partial charge in [0.05, 0.1) is 16.3 Å². The second-order valence-electron chi connectivity index (χ2n) is 10.7. The maximum absolute atomic E-state index is 14.3. The Morgan fingerprint density at radius 2 is 1.93 bits per heavy atom. The summed E-state index contributed by atoms with van der Waals surface area (Å²) in [7, 11) is 0. The highest BCUT2D eigenvalue weighted by Crippen LogP contribution is 2.48. The summed E-state index contributed by atoms with van der Waals surface area (Å²) in [6.07, 6.45) is 0.675. The van der Waals surface area contributed by atoms with E-state index in [1.165, 1.54) is 18.2 Å². The largest absolute Gasteiger partial charge is 0.349 e. The molecule has 9 nitrogen and oxygen atoms in total. The van der Waals surface area contributed by atoms with Crippen LogP contribution in [0.2, 0.25) is 5.02 Å². The number of rotatable bonds is 6. The highest BCUT2D eigenvalue weighted by Gasteiger charge is 2.59. The van der Waals surface area contributed by atoms with E-state index in [1.807, 2.05) is 0 Å². The molecule has 2 aliphatic heterocycles. The number of nitrogens with one attached hydrogen (secondary N) is 1. The number of hydrogen-bond acceptors (Lipinski definition) is 7. The molecule has 1 saturated carbocycles. The van der Waals surface area contributed by atoms with E-state index < -0.39 is 29.3 Å². The van der Waals surface area contributed by atoms with Crippen molar-refractivity contribution in [1.29, 1.82) is 0 Å². The van der Waals surface area contributed by atoms with E-state index in [2.05, 4.69) is 19.9 Å². The van der Waals surface area contributed by atoms with Crippen LogP contribution in [0.15, 0.2) is 35.8 Å². The summed E-state index contributed by atoms with van der Waals surface area (Å²) in [6.45, 7) is 0.722. The Kier molecular flexibility index (Phi) is 7.18. The zero-order valence-corrected chi connectivity index (χ0v) is 23.1. The standard InChI is InChI=1S/C27H24ClF3N6O3S/c28-15-7-18(22(23(30)31)32-9-15)24(38)33-17-4-1-14(2-5-17)10-37-21-8-16(29)3-6-19(21)27(26(37)40)12-36(13-27)25(39)20-11-41-35-34-20/h3,6-9,11,14,17,23H,1-2,4-5,10,12-13H2,(H,33,38)/t14-,17-. The first kappa shape index (κ1) is 27.6. The van der Waals surface area contributed by atoms with Gasteiger partial charge >= 0.3 is 0 Å². The van der Waals surface area contributed by atoms with E-state index in [4.69, 9.17) is 11.6 Å². The molecule has 4 heterocycles. The van der Waals surface area contributed by atoms with Gasteiger partial charge in [-0.15, -0.1) is 5.10 Å². The molecule has 3 aliphatic rings. The number of pyridine rings is 1. The van der Waals surface area contributed by atoms with E-state index in [0.29, 0.717) is 43.5 Å². The number of likely N-dealkylation sites (tertiary alicyclic amines) is 1. The van der Waals surface area contributed by atoms with Gasteiger partial charge in [-0.3, -0.25) is 19.4 Å². The molecular formula is C27H24ClF3N6O3S. The van der Waals surface area contributed by atoms with Gasteiger partial charge in [0.25, 0.3) is 18.2 Å². The lowest BCUT2D eigenvalue weighted by molar-refractivity contribution is -0.128. The van der Waals surface area contributed by atoms with Crippen LogP contribution in [0.3, 0.4) is 0 Å². The number of amides is 3. The minimum absolute atomic E-state index is 0.0849. The normalized spacial score (nSPS) is 21.2. The molecule has 1 spiro atoms. The Balaban J connectivity index is 1.11. The first-order chi connectivity index (χ1) is 19.7. The molecule has 214 valence electrons. The number of halogens is 4. The van der Waals surface area contributed by atoms with E-state index in [0.717, 1.165) is 17.7 Å². The Hall–Kier alpha value is -3.58. The molecule has 14 heteroatoms. The van der Waals surface area contributed by atoms with Crippen LogP contribution in [0.25, 0.3) is 0 Å². The SMILES string of the molecule is O=C(N[C@H]1CC[C@H](CN2C(=O)C3(CN(C(=O)c4csnn4)C3)c3ccc(F)cc32)CC1)c1cc(Cl)cnc1C(F)F. The first-order valence-electron chi connectivity index (χ1n) is 13.1. The molecule has 6 rings (SSSR count). The maximum Gasteiger partial charge on any atom is 0.281 e. The zero-order valence-electron chi connectivity index (χ0n) is 21.5. The summed E-state index contributed by atoms with van der Waals surface area (Å²) in [5, 5.41) is 8.28. The summed E-state index contributed by atoms with van der Waals surface area (Å²) in [4.78, 5) is 46.1. The summed E-state index contributed by atoms with van der Waals surface area (Å²) in [5.41, 5.74) is -0.350. The van der Waals surface area contributed by atoms with Crippen LogP contribution in [-0.4, -0.2) is 62.9 Å². The van der Waals surface area contributed by atoms with Crippen LogP contribution in [0.1, 0.15) is 64.2 Å². The Bertz CT molecular complexity index is 1510. The highest BCUT2D eigenvalue weighted by atomic mass is 35.5. The smallest absolute Gasteiger partial charge is 0.281 e. The van der Waals surface area contributed by atoms with Crippen LogP contribution in [0, 0.1) is 11.7 Å². The Morgan fingerprint density at radius 3 is 2.61 bits per heavy atom. The fraction of sp³-hybridized carbons (Fsp3) is 0.407. The summed E-state index contributed by atoms with van der Waals surface area (Å²) < 4.78 is 44.7. The molecule has 2 fully saturated rings. The molecule has 3 amide bonds. The van der Waals surface area contributed by atoms with Gasteiger partial charge in [-0.1, -0.05) is 22.2 Å². The maximum atomic E-state index is 14.3. The second-order valence-corrected chi connectivity index (χ2v) is 11.7. The number of carbonyl (C=O) groups is 3. The molecule has 0 radical (unpaired) electrons. The number of fused-ring (bicyclic) bond motifs is 2. The lowest BCUT2D eigenvalue weighted by Gasteiger charge is -2.46. The van der Waals surface area contributed by atoms with Crippen molar-refractivity contribution in [1.82, 2.24) is 24.8 Å². The lowest BCUT2D eigenvalue weighted by Crippen LogP contribution is -2.65. The summed E-state index contributed by atoms with van der Waals surface area (Å²) in [6, 6.07) is 5.27. The molecule has 41 heavy (non-hydrogen) atoms. The van der Waals surface area contributed by atoms with Crippen LogP contribution in [0.5, 0.6) is 0 Å². The number of hydrogen-bond donors (Lipinski definition) is 1. The lowest BCUT2D eigenvalue weighted by atomic mass is 9.74. The fourth-order valence-electron chi connectivity index (χ4n) is 6.09. The Labute approximate surface area is 241 Å². The quantitative estimate of drug-likeness (QED) is 0.447. The van der Waals surface area contributed by atoms with Gasteiger partial charge < -0.3 is 15.1 Å². The van der Waals surface area contributed by atoms with Gasteiger partial charge in [0, 0.05) is 37.3 Å². The van der Waals surface area contributed by atoms with Gasteiger partial charge in [0.1, 0.15) is 16.9 Å². The van der Waals surface area contributed by atoms with Crippen molar-refractivity contribution in [3.63, 3.8) is 0 Å². The fourth-order valence-corrected chi connectivity index (χ4v) is 6.68. The van der Waals surface area contributed by atoms with Crippen molar-refractivity contribution in [3.8, 4) is 0 Å². The number of carbonyl (C=O) groups excluding carboxylic acids is 3. The average molecular weight is 605 g/mol. The van der Waals surface area contributed by atoms with Crippen molar-refractivity contribution < 1.29 is 27.6 Å². The molecule has 0 atom stereocenters. The van der Waals surface area contributed by atoms with Crippen molar-refractivity contribution in [2.75, 3.05) is 24.5 Å². The molecule has 1 N–H and O–H groups in total. The van der Waals surface area contributed by atoms with Crippen LogP contribution in [0.4, 0.5) is 18.9 Å². The average Bonchev–Trinajstić information content (AvgIpc) is 3.54. The van der Waals surface area contributed by atoms with Crippen molar-refractivity contribution in [2.45, 2.75) is 43.6 Å². The third kappa shape index (κ3) is 4.94. The minimum atomic E-state index is -2.91. The van der Waals surface area contributed by atoms with Crippen LogP contribution < -0.4 is 10.2 Å². The molecule has 1 aromatic carbocycles. The number of aromatic nitrogens is 3. The molecule has 0 unspecified atom stereocenters. The molecular weight excluding hydrogens is 581 g/mol. The van der Waals surface area contributed by atoms with E-state index in [1.54, 1.807) is 21.2 Å². The topological polar surface area (TPSA) is 108 Å². The van der Waals surface area contributed by atoms with Crippen LogP contribution in [-0.2, 0) is 10.2 Å². The second kappa shape index (κ2) is 10.7. The molecule has 3 aromatic rings. The first-order valence-corrected chi connectivity index (χ1v) is 14.3. The minimum Gasteiger partial charge on any atom is -0.349 e.